The minimum Gasteiger partial charge on any atom is -0.465 e. The number of likely N-dealkylation sites (tertiary alicyclic amines) is 1. The molecular weight excluding hydrogens is 434 g/mol. The van der Waals surface area contributed by atoms with Crippen LogP contribution in [-0.4, -0.2) is 57.1 Å². The van der Waals surface area contributed by atoms with Crippen LogP contribution >= 0.6 is 0 Å². The second-order valence-electron chi connectivity index (χ2n) is 8.69. The number of fused-ring (bicyclic) bond motifs is 1. The Bertz CT molecular complexity index is 1220. The van der Waals surface area contributed by atoms with Crippen molar-refractivity contribution in [2.24, 2.45) is 5.73 Å². The van der Waals surface area contributed by atoms with Gasteiger partial charge in [-0.1, -0.05) is 18.2 Å². The number of carboxylic acid groups (broad SMARTS) is 1. The maximum absolute atomic E-state index is 12.4. The molecular formula is C25H27N5O4. The van der Waals surface area contributed by atoms with E-state index in [0.717, 1.165) is 35.7 Å². The zero-order chi connectivity index (χ0) is 23.8. The Morgan fingerprint density at radius 2 is 1.71 bits per heavy atom. The number of hydrogen-bond acceptors (Lipinski definition) is 5. The lowest BCUT2D eigenvalue weighted by Crippen LogP contribution is -2.41. The number of primary amides is 1. The van der Waals surface area contributed by atoms with Crippen molar-refractivity contribution < 1.29 is 19.4 Å². The highest BCUT2D eigenvalue weighted by molar-refractivity contribution is 5.98. The normalized spacial score (nSPS) is 18.0. The first kappa shape index (κ1) is 21.8. The topological polar surface area (TPSA) is 127 Å². The summed E-state index contributed by atoms with van der Waals surface area (Å²) in [4.78, 5) is 27.4. The van der Waals surface area contributed by atoms with Crippen LogP contribution in [0.2, 0.25) is 0 Å². The molecule has 2 aromatic carbocycles. The van der Waals surface area contributed by atoms with Crippen LogP contribution in [0.15, 0.2) is 54.6 Å². The molecule has 1 aromatic heterocycles. The van der Waals surface area contributed by atoms with Gasteiger partial charge in [-0.05, 0) is 42.8 Å². The average Bonchev–Trinajstić information content (AvgIpc) is 3.44. The maximum atomic E-state index is 12.4. The van der Waals surface area contributed by atoms with Crippen molar-refractivity contribution in [2.75, 3.05) is 25.4 Å². The third-order valence-electron chi connectivity index (χ3n) is 6.68. The van der Waals surface area contributed by atoms with Gasteiger partial charge in [-0.3, -0.25) is 9.69 Å². The summed E-state index contributed by atoms with van der Waals surface area (Å²) in [6.45, 7) is 2.32. The van der Waals surface area contributed by atoms with Crippen LogP contribution in [0.4, 0.5) is 10.5 Å². The van der Waals surface area contributed by atoms with E-state index in [9.17, 15) is 14.7 Å². The lowest BCUT2D eigenvalue weighted by Gasteiger charge is -2.33. The molecule has 1 fully saturated rings. The molecule has 0 aliphatic carbocycles. The summed E-state index contributed by atoms with van der Waals surface area (Å²) in [6, 6.07) is 17.1. The van der Waals surface area contributed by atoms with Gasteiger partial charge >= 0.3 is 6.09 Å². The molecule has 2 aliphatic heterocycles. The molecule has 1 unspecified atom stereocenters. The van der Waals surface area contributed by atoms with Gasteiger partial charge in [-0.15, -0.1) is 0 Å². The van der Waals surface area contributed by atoms with Crippen molar-refractivity contribution in [2.45, 2.75) is 25.4 Å². The van der Waals surface area contributed by atoms with Crippen LogP contribution in [0.25, 0.3) is 5.69 Å². The van der Waals surface area contributed by atoms with Crippen LogP contribution in [0, 0.1) is 0 Å². The molecule has 3 heterocycles. The van der Waals surface area contributed by atoms with Gasteiger partial charge in [0, 0.05) is 55.6 Å². The smallest absolute Gasteiger partial charge is 0.407 e. The van der Waals surface area contributed by atoms with E-state index < -0.39 is 12.0 Å². The highest BCUT2D eigenvalue weighted by atomic mass is 16.5. The Labute approximate surface area is 197 Å². The molecule has 9 heteroatoms. The molecule has 34 heavy (non-hydrogen) atoms. The number of carbonyl (C=O) groups excluding carboxylic acids is 1. The standard InChI is InChI=1S/C25H27N5O4/c26-22-20-15-28(17-10-12-29(14-17)25(32)33)13-11-21(20)30(23(22)24(27)31)16-6-8-19(9-7-16)34-18-4-2-1-3-5-18/h1-9,17H,10-15,26H2,(H2,27,31)(H,32,33). The largest absolute Gasteiger partial charge is 0.465 e. The second kappa shape index (κ2) is 8.75. The van der Waals surface area contributed by atoms with E-state index in [1.54, 1.807) is 0 Å². The number of amides is 2. The first-order valence-corrected chi connectivity index (χ1v) is 11.3. The van der Waals surface area contributed by atoms with Gasteiger partial charge in [0.2, 0.25) is 0 Å². The van der Waals surface area contributed by atoms with Crippen molar-refractivity contribution in [1.29, 1.82) is 0 Å². The molecule has 176 valence electrons. The third-order valence-corrected chi connectivity index (χ3v) is 6.68. The Balaban J connectivity index is 1.43. The van der Waals surface area contributed by atoms with Crippen molar-refractivity contribution >= 4 is 17.7 Å². The van der Waals surface area contributed by atoms with E-state index in [4.69, 9.17) is 16.2 Å². The Morgan fingerprint density at radius 3 is 2.35 bits per heavy atom. The van der Waals surface area contributed by atoms with E-state index in [2.05, 4.69) is 4.90 Å². The first-order valence-electron chi connectivity index (χ1n) is 11.3. The number of nitrogens with zero attached hydrogens (tertiary/aromatic N) is 3. The SMILES string of the molecule is NC(=O)c1c(N)c2c(n1-c1ccc(Oc3ccccc3)cc1)CCN(C1CCN(C(=O)O)C1)C2. The van der Waals surface area contributed by atoms with Crippen molar-refractivity contribution in [3.63, 3.8) is 0 Å². The molecule has 1 atom stereocenters. The molecule has 0 spiro atoms. The third kappa shape index (κ3) is 3.94. The van der Waals surface area contributed by atoms with Crippen LogP contribution in [0.5, 0.6) is 11.5 Å². The number of rotatable bonds is 5. The molecule has 5 N–H and O–H groups in total. The number of para-hydroxylation sites is 1. The lowest BCUT2D eigenvalue weighted by molar-refractivity contribution is 0.0994. The first-order chi connectivity index (χ1) is 16.4. The molecule has 0 radical (unpaired) electrons. The van der Waals surface area contributed by atoms with Crippen LogP contribution in [-0.2, 0) is 13.0 Å². The molecule has 9 nitrogen and oxygen atoms in total. The molecule has 2 aliphatic rings. The summed E-state index contributed by atoms with van der Waals surface area (Å²) in [6.07, 6.45) is 0.577. The summed E-state index contributed by atoms with van der Waals surface area (Å²) >= 11 is 0. The minimum absolute atomic E-state index is 0.137. The fourth-order valence-electron chi connectivity index (χ4n) is 5.00. The molecule has 1 saturated heterocycles. The van der Waals surface area contributed by atoms with Gasteiger partial charge in [-0.25, -0.2) is 4.79 Å². The average molecular weight is 462 g/mol. The van der Waals surface area contributed by atoms with Gasteiger partial charge in [0.05, 0.1) is 5.69 Å². The molecule has 5 rings (SSSR count). The zero-order valence-corrected chi connectivity index (χ0v) is 18.7. The predicted molar refractivity (Wildman–Crippen MR) is 127 cm³/mol. The number of aromatic nitrogens is 1. The van der Waals surface area contributed by atoms with Gasteiger partial charge in [0.25, 0.3) is 5.91 Å². The van der Waals surface area contributed by atoms with Crippen LogP contribution in [0.1, 0.15) is 28.2 Å². The van der Waals surface area contributed by atoms with E-state index >= 15 is 0 Å². The second-order valence-corrected chi connectivity index (χ2v) is 8.69. The van der Waals surface area contributed by atoms with Gasteiger partial charge in [-0.2, -0.15) is 0 Å². The molecule has 2 amide bonds. The summed E-state index contributed by atoms with van der Waals surface area (Å²) in [5.41, 5.74) is 15.5. The maximum Gasteiger partial charge on any atom is 0.407 e. The summed E-state index contributed by atoms with van der Waals surface area (Å²) in [5, 5.41) is 9.28. The number of hydrogen-bond donors (Lipinski definition) is 3. The van der Waals surface area contributed by atoms with Gasteiger partial charge in [0.1, 0.15) is 17.2 Å². The van der Waals surface area contributed by atoms with E-state index in [1.165, 1.54) is 4.90 Å². The lowest BCUT2D eigenvalue weighted by atomic mass is 10.0. The fraction of sp³-hybridized carbons (Fsp3) is 0.280. The number of nitrogen functional groups attached to an aromatic ring is 1. The fourth-order valence-corrected chi connectivity index (χ4v) is 5.00. The predicted octanol–water partition coefficient (Wildman–Crippen LogP) is 3.06. The number of nitrogens with two attached hydrogens (primary N) is 2. The summed E-state index contributed by atoms with van der Waals surface area (Å²) in [7, 11) is 0. The molecule has 0 saturated carbocycles. The summed E-state index contributed by atoms with van der Waals surface area (Å²) < 4.78 is 7.74. The zero-order valence-electron chi connectivity index (χ0n) is 18.7. The monoisotopic (exact) mass is 461 g/mol. The van der Waals surface area contributed by atoms with Crippen LogP contribution in [0.3, 0.4) is 0 Å². The number of anilines is 1. The van der Waals surface area contributed by atoms with Crippen molar-refractivity contribution in [1.82, 2.24) is 14.4 Å². The van der Waals surface area contributed by atoms with Crippen molar-refractivity contribution in [3.8, 4) is 17.2 Å². The number of benzene rings is 2. The highest BCUT2D eigenvalue weighted by Crippen LogP contribution is 2.35. The number of carbonyl (C=O) groups is 2. The van der Waals surface area contributed by atoms with Gasteiger partial charge < -0.3 is 30.8 Å². The van der Waals surface area contributed by atoms with E-state index in [0.29, 0.717) is 37.5 Å². The Hall–Kier alpha value is -3.98. The highest BCUT2D eigenvalue weighted by Gasteiger charge is 2.35. The minimum atomic E-state index is -0.887. The Morgan fingerprint density at radius 1 is 1.00 bits per heavy atom. The van der Waals surface area contributed by atoms with Gasteiger partial charge in [0.15, 0.2) is 0 Å². The Kier molecular flexibility index (Phi) is 5.62. The van der Waals surface area contributed by atoms with E-state index in [1.807, 2.05) is 59.2 Å². The van der Waals surface area contributed by atoms with Crippen LogP contribution < -0.4 is 16.2 Å². The quantitative estimate of drug-likeness (QED) is 0.536. The van der Waals surface area contributed by atoms with E-state index in [-0.39, 0.29) is 11.7 Å². The van der Waals surface area contributed by atoms with Crippen molar-refractivity contribution in [3.05, 3.63) is 71.5 Å². The summed E-state index contributed by atoms with van der Waals surface area (Å²) in [5.74, 6) is 0.838. The molecule has 0 bridgehead atoms. The molecule has 3 aromatic rings. The number of ether oxygens (including phenoxy) is 1.